The fraction of sp³-hybridized carbons (Fsp3) is 0.500. The van der Waals surface area contributed by atoms with Crippen LogP contribution in [0.15, 0.2) is 23.2 Å². The van der Waals surface area contributed by atoms with Crippen LogP contribution >= 0.6 is 24.0 Å². The van der Waals surface area contributed by atoms with Crippen LogP contribution in [0.2, 0.25) is 0 Å². The number of halogens is 1. The molecule has 0 unspecified atom stereocenters. The lowest BCUT2D eigenvalue weighted by atomic mass is 10.1. The molecule has 0 heterocycles. The summed E-state index contributed by atoms with van der Waals surface area (Å²) in [5.41, 5.74) is 2.20. The average Bonchev–Trinajstić information content (AvgIpc) is 2.42. The number of benzene rings is 1. The van der Waals surface area contributed by atoms with Crippen molar-refractivity contribution < 1.29 is 9.84 Å². The molecular formula is C14H24IN3O2. The third-order valence-electron chi connectivity index (χ3n) is 2.60. The van der Waals surface area contributed by atoms with Crippen molar-refractivity contribution in [1.82, 2.24) is 10.6 Å². The van der Waals surface area contributed by atoms with Crippen LogP contribution < -0.4 is 15.4 Å². The average molecular weight is 393 g/mol. The van der Waals surface area contributed by atoms with Gasteiger partial charge < -0.3 is 20.5 Å². The summed E-state index contributed by atoms with van der Waals surface area (Å²) in [4.78, 5) is 4.46. The Hall–Kier alpha value is -1.02. The Morgan fingerprint density at radius 2 is 2.10 bits per heavy atom. The number of rotatable bonds is 6. The quantitative estimate of drug-likeness (QED) is 0.391. The smallest absolute Gasteiger partial charge is 0.191 e. The summed E-state index contributed by atoms with van der Waals surface area (Å²) < 4.78 is 5.35. The van der Waals surface area contributed by atoms with E-state index in [1.54, 1.807) is 7.11 Å². The minimum absolute atomic E-state index is 0. The summed E-state index contributed by atoms with van der Waals surface area (Å²) in [5, 5.41) is 15.0. The molecule has 20 heavy (non-hydrogen) atoms. The van der Waals surface area contributed by atoms with Gasteiger partial charge >= 0.3 is 0 Å². The van der Waals surface area contributed by atoms with Crippen molar-refractivity contribution in [2.45, 2.75) is 20.4 Å². The minimum atomic E-state index is 0. The fourth-order valence-electron chi connectivity index (χ4n) is 1.66. The molecular weight excluding hydrogens is 369 g/mol. The Morgan fingerprint density at radius 1 is 1.35 bits per heavy atom. The van der Waals surface area contributed by atoms with Crippen LogP contribution in [0.3, 0.4) is 0 Å². The third-order valence-corrected chi connectivity index (χ3v) is 2.60. The number of aryl methyl sites for hydroxylation is 1. The first-order valence-corrected chi connectivity index (χ1v) is 6.47. The van der Waals surface area contributed by atoms with E-state index in [0.29, 0.717) is 19.0 Å². The van der Waals surface area contributed by atoms with E-state index < -0.39 is 0 Å². The number of aliphatic hydroxyl groups excluding tert-OH is 1. The van der Waals surface area contributed by atoms with Crippen molar-refractivity contribution in [3.05, 3.63) is 29.3 Å². The summed E-state index contributed by atoms with van der Waals surface area (Å²) in [6.45, 7) is 5.91. The molecule has 0 aliphatic heterocycles. The van der Waals surface area contributed by atoms with Crippen molar-refractivity contribution in [2.24, 2.45) is 4.99 Å². The maximum Gasteiger partial charge on any atom is 0.191 e. The Balaban J connectivity index is 0.00000361. The van der Waals surface area contributed by atoms with Gasteiger partial charge in [0.2, 0.25) is 0 Å². The van der Waals surface area contributed by atoms with E-state index in [0.717, 1.165) is 23.4 Å². The second-order valence-corrected chi connectivity index (χ2v) is 4.16. The molecule has 5 nitrogen and oxygen atoms in total. The number of aliphatic hydroxyl groups is 1. The van der Waals surface area contributed by atoms with E-state index in [1.807, 2.05) is 32.0 Å². The summed E-state index contributed by atoms with van der Waals surface area (Å²) >= 11 is 0. The van der Waals surface area contributed by atoms with E-state index in [-0.39, 0.29) is 30.6 Å². The molecule has 0 aliphatic rings. The number of nitrogens with one attached hydrogen (secondary N) is 2. The maximum atomic E-state index is 8.82. The number of aliphatic imine (C=N–C) groups is 1. The topological polar surface area (TPSA) is 65.9 Å². The molecule has 0 spiro atoms. The predicted octanol–water partition coefficient (Wildman–Crippen LogP) is 1.67. The third kappa shape index (κ3) is 6.42. The number of methoxy groups -OCH3 is 1. The molecule has 0 amide bonds. The number of hydrogen-bond acceptors (Lipinski definition) is 3. The molecule has 3 N–H and O–H groups in total. The van der Waals surface area contributed by atoms with Crippen molar-refractivity contribution in [3.63, 3.8) is 0 Å². The number of hydrogen-bond donors (Lipinski definition) is 3. The number of nitrogens with zero attached hydrogens (tertiary/aromatic N) is 1. The molecule has 1 aromatic rings. The molecule has 0 saturated heterocycles. The standard InChI is InChI=1S/C14H23N3O2.HI/c1-4-15-14(16-7-8-18)17-10-12-6-5-11(2)9-13(12)19-3;/h5-6,9,18H,4,7-8,10H2,1-3H3,(H2,15,16,17);1H. The molecule has 0 radical (unpaired) electrons. The highest BCUT2D eigenvalue weighted by Crippen LogP contribution is 2.20. The highest BCUT2D eigenvalue weighted by Gasteiger charge is 2.03. The fourth-order valence-corrected chi connectivity index (χ4v) is 1.66. The zero-order valence-electron chi connectivity index (χ0n) is 12.3. The second-order valence-electron chi connectivity index (χ2n) is 4.16. The van der Waals surface area contributed by atoms with Crippen LogP contribution in [0.5, 0.6) is 5.75 Å². The van der Waals surface area contributed by atoms with Crippen LogP contribution in [-0.2, 0) is 6.54 Å². The molecule has 0 fully saturated rings. The van der Waals surface area contributed by atoms with Crippen molar-refractivity contribution >= 4 is 29.9 Å². The van der Waals surface area contributed by atoms with Crippen LogP contribution in [0.25, 0.3) is 0 Å². The molecule has 0 aromatic heterocycles. The van der Waals surface area contributed by atoms with Crippen LogP contribution in [0, 0.1) is 6.92 Å². The van der Waals surface area contributed by atoms with Gasteiger partial charge in [-0.25, -0.2) is 4.99 Å². The van der Waals surface area contributed by atoms with Gasteiger partial charge in [0, 0.05) is 18.7 Å². The molecule has 0 atom stereocenters. The highest BCUT2D eigenvalue weighted by molar-refractivity contribution is 14.0. The second kappa shape index (κ2) is 10.7. The van der Waals surface area contributed by atoms with E-state index in [2.05, 4.69) is 15.6 Å². The van der Waals surface area contributed by atoms with E-state index >= 15 is 0 Å². The van der Waals surface area contributed by atoms with E-state index in [9.17, 15) is 0 Å². The first-order valence-electron chi connectivity index (χ1n) is 6.47. The van der Waals surface area contributed by atoms with Gasteiger partial charge in [-0.15, -0.1) is 24.0 Å². The Kier molecular flexibility index (Phi) is 10.2. The van der Waals surface area contributed by atoms with Gasteiger partial charge in [-0.2, -0.15) is 0 Å². The van der Waals surface area contributed by atoms with Gasteiger partial charge in [0.15, 0.2) is 5.96 Å². The van der Waals surface area contributed by atoms with Crippen molar-refractivity contribution in [3.8, 4) is 5.75 Å². The normalized spacial score (nSPS) is 10.7. The Labute approximate surface area is 137 Å². The molecule has 0 saturated carbocycles. The summed E-state index contributed by atoms with van der Waals surface area (Å²) in [6.07, 6.45) is 0. The summed E-state index contributed by atoms with van der Waals surface area (Å²) in [5.74, 6) is 1.54. The van der Waals surface area contributed by atoms with E-state index in [1.165, 1.54) is 0 Å². The van der Waals surface area contributed by atoms with Crippen molar-refractivity contribution in [1.29, 1.82) is 0 Å². The molecule has 114 valence electrons. The van der Waals surface area contributed by atoms with Gasteiger partial charge in [0.05, 0.1) is 20.3 Å². The molecule has 6 heteroatoms. The largest absolute Gasteiger partial charge is 0.496 e. The lowest BCUT2D eigenvalue weighted by Gasteiger charge is -2.11. The number of ether oxygens (including phenoxy) is 1. The zero-order chi connectivity index (χ0) is 14.1. The van der Waals surface area contributed by atoms with Crippen molar-refractivity contribution in [2.75, 3.05) is 26.8 Å². The molecule has 1 rings (SSSR count). The van der Waals surface area contributed by atoms with Gasteiger partial charge in [-0.05, 0) is 25.5 Å². The minimum Gasteiger partial charge on any atom is -0.496 e. The SMILES string of the molecule is CCNC(=NCc1ccc(C)cc1OC)NCCO.I. The van der Waals surface area contributed by atoms with Gasteiger partial charge in [0.25, 0.3) is 0 Å². The molecule has 0 aliphatic carbocycles. The maximum absolute atomic E-state index is 8.82. The highest BCUT2D eigenvalue weighted by atomic mass is 127. The van der Waals surface area contributed by atoms with Gasteiger partial charge in [-0.3, -0.25) is 0 Å². The summed E-state index contributed by atoms with van der Waals surface area (Å²) in [6, 6.07) is 6.06. The first kappa shape index (κ1) is 19.0. The molecule has 1 aromatic carbocycles. The Bertz CT molecular complexity index is 425. The van der Waals surface area contributed by atoms with Crippen LogP contribution in [0.4, 0.5) is 0 Å². The van der Waals surface area contributed by atoms with E-state index in [4.69, 9.17) is 9.84 Å². The number of guanidine groups is 1. The summed E-state index contributed by atoms with van der Waals surface area (Å²) in [7, 11) is 1.66. The molecule has 0 bridgehead atoms. The predicted molar refractivity (Wildman–Crippen MR) is 93.1 cm³/mol. The first-order chi connectivity index (χ1) is 9.21. The monoisotopic (exact) mass is 393 g/mol. The van der Waals surface area contributed by atoms with Crippen LogP contribution in [0.1, 0.15) is 18.1 Å². The lowest BCUT2D eigenvalue weighted by molar-refractivity contribution is 0.300. The Morgan fingerprint density at radius 3 is 2.70 bits per heavy atom. The van der Waals surface area contributed by atoms with Gasteiger partial charge in [0.1, 0.15) is 5.75 Å². The zero-order valence-corrected chi connectivity index (χ0v) is 14.6. The lowest BCUT2D eigenvalue weighted by Crippen LogP contribution is -2.38. The van der Waals surface area contributed by atoms with Gasteiger partial charge in [-0.1, -0.05) is 12.1 Å². The van der Waals surface area contributed by atoms with Crippen LogP contribution in [-0.4, -0.2) is 37.9 Å².